The first-order valence-corrected chi connectivity index (χ1v) is 8.50. The van der Waals surface area contributed by atoms with E-state index in [2.05, 4.69) is 37.7 Å². The minimum absolute atomic E-state index is 0.721. The Bertz CT molecular complexity index is 418. The molecule has 1 heterocycles. The predicted molar refractivity (Wildman–Crippen MR) is 84.9 cm³/mol. The summed E-state index contributed by atoms with van der Waals surface area (Å²) in [6.07, 6.45) is 7.40. The largest absolute Gasteiger partial charge is 0.310 e. The third-order valence-electron chi connectivity index (χ3n) is 4.33. The Morgan fingerprint density at radius 2 is 2.00 bits per heavy atom. The highest BCUT2D eigenvalue weighted by molar-refractivity contribution is 5.27. The minimum atomic E-state index is 0.721. The van der Waals surface area contributed by atoms with Crippen molar-refractivity contribution in [2.24, 2.45) is 5.92 Å². The van der Waals surface area contributed by atoms with Crippen LogP contribution in [0.2, 0.25) is 0 Å². The fourth-order valence-electron chi connectivity index (χ4n) is 3.04. The van der Waals surface area contributed by atoms with Crippen LogP contribution in [0, 0.1) is 5.92 Å². The molecule has 3 nitrogen and oxygen atoms in total. The Kier molecular flexibility index (Phi) is 5.64. The number of rotatable bonds is 9. The molecule has 0 saturated heterocycles. The number of hydrogen-bond acceptors (Lipinski definition) is 2. The summed E-state index contributed by atoms with van der Waals surface area (Å²) < 4.78 is 2.29. The van der Waals surface area contributed by atoms with Crippen molar-refractivity contribution in [1.29, 1.82) is 0 Å². The summed E-state index contributed by atoms with van der Waals surface area (Å²) in [5, 5.41) is 8.56. The van der Waals surface area contributed by atoms with E-state index in [1.165, 1.54) is 42.6 Å². The van der Waals surface area contributed by atoms with Crippen LogP contribution in [-0.4, -0.2) is 15.8 Å². The van der Waals surface area contributed by atoms with Gasteiger partial charge in [0.15, 0.2) is 0 Å². The lowest BCUT2D eigenvalue weighted by Gasteiger charge is -2.13. The molecule has 0 spiro atoms. The minimum Gasteiger partial charge on any atom is -0.310 e. The van der Waals surface area contributed by atoms with E-state index in [1.54, 1.807) is 0 Å². The van der Waals surface area contributed by atoms with E-state index in [9.17, 15) is 0 Å². The Labute approximate surface area is 124 Å². The SMILES string of the molecule is CCCC(C)Cn1nc(CC)c(CNC2CC2)c1CC. The number of aryl methyl sites for hydroxylation is 1. The highest BCUT2D eigenvalue weighted by atomic mass is 15.3. The fourth-order valence-corrected chi connectivity index (χ4v) is 3.04. The monoisotopic (exact) mass is 277 g/mol. The van der Waals surface area contributed by atoms with Crippen LogP contribution in [0.5, 0.6) is 0 Å². The van der Waals surface area contributed by atoms with Crippen LogP contribution in [0.1, 0.15) is 70.3 Å². The van der Waals surface area contributed by atoms with Crippen molar-refractivity contribution in [3.63, 3.8) is 0 Å². The molecule has 1 saturated carbocycles. The summed E-state index contributed by atoms with van der Waals surface area (Å²) in [6.45, 7) is 11.2. The van der Waals surface area contributed by atoms with E-state index in [-0.39, 0.29) is 0 Å². The molecule has 0 aliphatic heterocycles. The maximum absolute atomic E-state index is 4.90. The van der Waals surface area contributed by atoms with Gasteiger partial charge in [-0.05, 0) is 38.0 Å². The molecule has 1 N–H and O–H groups in total. The van der Waals surface area contributed by atoms with Crippen LogP contribution < -0.4 is 5.32 Å². The van der Waals surface area contributed by atoms with Crippen molar-refractivity contribution in [2.45, 2.75) is 85.4 Å². The molecule has 1 atom stereocenters. The molecule has 2 rings (SSSR count). The normalized spacial score (nSPS) is 16.6. The average molecular weight is 277 g/mol. The zero-order chi connectivity index (χ0) is 14.5. The average Bonchev–Trinajstić information content (AvgIpc) is 3.19. The maximum atomic E-state index is 4.90. The first-order valence-electron chi connectivity index (χ1n) is 8.50. The number of hydrogen-bond donors (Lipinski definition) is 1. The van der Waals surface area contributed by atoms with Crippen molar-refractivity contribution < 1.29 is 0 Å². The van der Waals surface area contributed by atoms with Gasteiger partial charge in [0.25, 0.3) is 0 Å². The van der Waals surface area contributed by atoms with Crippen molar-refractivity contribution in [2.75, 3.05) is 0 Å². The first-order chi connectivity index (χ1) is 9.69. The van der Waals surface area contributed by atoms with Gasteiger partial charge in [-0.1, -0.05) is 34.1 Å². The lowest BCUT2D eigenvalue weighted by Crippen LogP contribution is -2.17. The maximum Gasteiger partial charge on any atom is 0.0669 e. The van der Waals surface area contributed by atoms with E-state index < -0.39 is 0 Å². The van der Waals surface area contributed by atoms with Crippen LogP contribution in [-0.2, 0) is 25.9 Å². The molecule has 0 radical (unpaired) electrons. The molecule has 1 fully saturated rings. The molecule has 1 aliphatic carbocycles. The van der Waals surface area contributed by atoms with Crippen molar-refractivity contribution in [1.82, 2.24) is 15.1 Å². The zero-order valence-corrected chi connectivity index (χ0v) is 13.7. The lowest BCUT2D eigenvalue weighted by atomic mass is 10.1. The predicted octanol–water partition coefficient (Wildman–Crippen LogP) is 3.70. The molecule has 20 heavy (non-hydrogen) atoms. The molecule has 0 bridgehead atoms. The van der Waals surface area contributed by atoms with Gasteiger partial charge in [0, 0.05) is 30.4 Å². The van der Waals surface area contributed by atoms with Crippen LogP contribution in [0.25, 0.3) is 0 Å². The van der Waals surface area contributed by atoms with E-state index in [4.69, 9.17) is 5.10 Å². The van der Waals surface area contributed by atoms with Gasteiger partial charge >= 0.3 is 0 Å². The van der Waals surface area contributed by atoms with Gasteiger partial charge in [-0.3, -0.25) is 4.68 Å². The van der Waals surface area contributed by atoms with E-state index in [0.717, 1.165) is 37.9 Å². The molecule has 0 aromatic carbocycles. The molecule has 1 aromatic rings. The summed E-state index contributed by atoms with van der Waals surface area (Å²) in [5.41, 5.74) is 4.24. The Hall–Kier alpha value is -0.830. The molecular weight excluding hydrogens is 246 g/mol. The molecule has 1 unspecified atom stereocenters. The summed E-state index contributed by atoms with van der Waals surface area (Å²) in [6, 6.07) is 0.770. The first kappa shape index (κ1) is 15.6. The van der Waals surface area contributed by atoms with Gasteiger partial charge in [-0.15, -0.1) is 0 Å². The summed E-state index contributed by atoms with van der Waals surface area (Å²) in [5.74, 6) is 0.721. The summed E-state index contributed by atoms with van der Waals surface area (Å²) >= 11 is 0. The molecule has 3 heteroatoms. The second-order valence-electron chi connectivity index (χ2n) is 6.31. The quantitative estimate of drug-likeness (QED) is 0.746. The molecular formula is C17H31N3. The lowest BCUT2D eigenvalue weighted by molar-refractivity contribution is 0.410. The van der Waals surface area contributed by atoms with Gasteiger partial charge in [-0.25, -0.2) is 0 Å². The van der Waals surface area contributed by atoms with Crippen molar-refractivity contribution in [3.05, 3.63) is 17.0 Å². The van der Waals surface area contributed by atoms with E-state index >= 15 is 0 Å². The highest BCUT2D eigenvalue weighted by Crippen LogP contribution is 2.23. The van der Waals surface area contributed by atoms with Gasteiger partial charge < -0.3 is 5.32 Å². The third-order valence-corrected chi connectivity index (χ3v) is 4.33. The standard InChI is InChI=1S/C17H31N3/c1-5-8-13(4)12-20-17(7-3)15(16(6-2)19-20)11-18-14-9-10-14/h13-14,18H,5-12H2,1-4H3. The van der Waals surface area contributed by atoms with Gasteiger partial charge in [0.1, 0.15) is 0 Å². The topological polar surface area (TPSA) is 29.9 Å². The van der Waals surface area contributed by atoms with Crippen LogP contribution in [0.3, 0.4) is 0 Å². The van der Waals surface area contributed by atoms with Crippen LogP contribution in [0.15, 0.2) is 0 Å². The third kappa shape index (κ3) is 3.85. The van der Waals surface area contributed by atoms with Gasteiger partial charge in [-0.2, -0.15) is 5.10 Å². The fraction of sp³-hybridized carbons (Fsp3) is 0.824. The second kappa shape index (κ2) is 7.26. The molecule has 1 aromatic heterocycles. The van der Waals surface area contributed by atoms with Crippen LogP contribution >= 0.6 is 0 Å². The Balaban J connectivity index is 2.13. The smallest absolute Gasteiger partial charge is 0.0669 e. The van der Waals surface area contributed by atoms with Crippen molar-refractivity contribution in [3.8, 4) is 0 Å². The second-order valence-corrected chi connectivity index (χ2v) is 6.31. The van der Waals surface area contributed by atoms with Crippen LogP contribution in [0.4, 0.5) is 0 Å². The Morgan fingerprint density at radius 1 is 1.25 bits per heavy atom. The zero-order valence-electron chi connectivity index (χ0n) is 13.7. The highest BCUT2D eigenvalue weighted by Gasteiger charge is 2.23. The molecule has 0 amide bonds. The number of nitrogens with one attached hydrogen (secondary N) is 1. The summed E-state index contributed by atoms with van der Waals surface area (Å²) in [7, 11) is 0. The number of nitrogens with zero attached hydrogens (tertiary/aromatic N) is 2. The number of aromatic nitrogens is 2. The van der Waals surface area contributed by atoms with Crippen molar-refractivity contribution >= 4 is 0 Å². The van der Waals surface area contributed by atoms with E-state index in [1.807, 2.05) is 0 Å². The molecule has 114 valence electrons. The van der Waals surface area contributed by atoms with E-state index in [0.29, 0.717) is 0 Å². The van der Waals surface area contributed by atoms with Gasteiger partial charge in [0.2, 0.25) is 0 Å². The Morgan fingerprint density at radius 3 is 2.55 bits per heavy atom. The molecule has 1 aliphatic rings. The van der Waals surface area contributed by atoms with Gasteiger partial charge in [0.05, 0.1) is 5.69 Å². The summed E-state index contributed by atoms with van der Waals surface area (Å²) in [4.78, 5) is 0.